The minimum Gasteiger partial charge on any atom is -0.427 e. The molecule has 2 heterocycles. The van der Waals surface area contributed by atoms with Gasteiger partial charge in [0, 0.05) is 44.6 Å². The van der Waals surface area contributed by atoms with E-state index in [0.29, 0.717) is 44.1 Å². The van der Waals surface area contributed by atoms with Crippen LogP contribution in [0.15, 0.2) is 24.3 Å². The molecule has 2 aliphatic rings. The number of carbonyl (C=O) groups excluding carboxylic acids is 2. The van der Waals surface area contributed by atoms with Crippen LogP contribution in [0.25, 0.3) is 0 Å². The molecule has 0 radical (unpaired) electrons. The Kier molecular flexibility index (Phi) is 5.31. The van der Waals surface area contributed by atoms with Crippen molar-refractivity contribution >= 4 is 21.9 Å². The zero-order valence-electron chi connectivity index (χ0n) is 14.8. The molecule has 0 spiro atoms. The highest BCUT2D eigenvalue weighted by Gasteiger charge is 2.40. The topological polar surface area (TPSA) is 93.2 Å². The summed E-state index contributed by atoms with van der Waals surface area (Å²) in [5.74, 6) is -0.234. The number of fused-ring (bicyclic) bond motifs is 1. The number of rotatable bonds is 3. The van der Waals surface area contributed by atoms with Crippen molar-refractivity contribution in [3.63, 3.8) is 0 Å². The Morgan fingerprint density at radius 2 is 1.85 bits per heavy atom. The van der Waals surface area contributed by atoms with Gasteiger partial charge in [-0.1, -0.05) is 0 Å². The lowest BCUT2D eigenvalue weighted by atomic mass is 10.1. The molecule has 2 aliphatic heterocycles. The molecule has 3 rings (SSSR count). The highest BCUT2D eigenvalue weighted by atomic mass is 32.2. The van der Waals surface area contributed by atoms with Crippen LogP contribution >= 0.6 is 0 Å². The second-order valence-corrected chi connectivity index (χ2v) is 8.60. The molecule has 1 amide bonds. The highest BCUT2D eigenvalue weighted by Crippen LogP contribution is 2.26. The molecule has 0 aromatic heterocycles. The fourth-order valence-corrected chi connectivity index (χ4v) is 4.21. The lowest BCUT2D eigenvalue weighted by Gasteiger charge is -2.21. The van der Waals surface area contributed by atoms with Crippen LogP contribution in [0.2, 0.25) is 0 Å². The minimum absolute atomic E-state index is 0.0449. The Morgan fingerprint density at radius 3 is 2.46 bits per heavy atom. The smallest absolute Gasteiger partial charge is 0.308 e. The van der Waals surface area contributed by atoms with Crippen LogP contribution in [0.4, 0.5) is 0 Å². The van der Waals surface area contributed by atoms with Crippen LogP contribution in [0.3, 0.4) is 0 Å². The van der Waals surface area contributed by atoms with Gasteiger partial charge in [0.2, 0.25) is 10.0 Å². The predicted octanol–water partition coefficient (Wildman–Crippen LogP) is 0.344. The van der Waals surface area contributed by atoms with Gasteiger partial charge in [-0.2, -0.15) is 4.31 Å². The Morgan fingerprint density at radius 1 is 1.15 bits per heavy atom. The number of sulfonamides is 1. The summed E-state index contributed by atoms with van der Waals surface area (Å²) in [6, 6.07) is 6.37. The number of hydrogen-bond acceptors (Lipinski definition) is 6. The summed E-state index contributed by atoms with van der Waals surface area (Å²) in [5.41, 5.74) is 0.484. The highest BCUT2D eigenvalue weighted by molar-refractivity contribution is 7.88. The third-order valence-corrected chi connectivity index (χ3v) is 5.88. The molecule has 142 valence electrons. The number of nitrogens with zero attached hydrogens (tertiary/aromatic N) is 2. The van der Waals surface area contributed by atoms with Crippen LogP contribution in [-0.4, -0.2) is 74.6 Å². The van der Waals surface area contributed by atoms with Crippen molar-refractivity contribution in [3.05, 3.63) is 29.8 Å². The third kappa shape index (κ3) is 4.22. The van der Waals surface area contributed by atoms with Crippen LogP contribution in [0, 0.1) is 5.92 Å². The van der Waals surface area contributed by atoms with Crippen molar-refractivity contribution in [2.24, 2.45) is 5.92 Å². The Labute approximate surface area is 152 Å². The first-order valence-corrected chi connectivity index (χ1v) is 10.2. The second kappa shape index (κ2) is 7.34. The molecule has 0 bridgehead atoms. The van der Waals surface area contributed by atoms with E-state index in [4.69, 9.17) is 9.47 Å². The van der Waals surface area contributed by atoms with Crippen molar-refractivity contribution < 1.29 is 27.5 Å². The van der Waals surface area contributed by atoms with Gasteiger partial charge < -0.3 is 14.4 Å². The molecule has 0 unspecified atom stereocenters. The lowest BCUT2D eigenvalue weighted by molar-refractivity contribution is -0.131. The normalized spacial score (nSPS) is 24.0. The van der Waals surface area contributed by atoms with E-state index in [1.165, 1.54) is 17.5 Å². The lowest BCUT2D eigenvalue weighted by Crippen LogP contribution is -2.37. The number of hydrogen-bond donors (Lipinski definition) is 0. The molecule has 0 aliphatic carbocycles. The molecule has 1 aromatic carbocycles. The summed E-state index contributed by atoms with van der Waals surface area (Å²) in [4.78, 5) is 25.4. The molecule has 8 nitrogen and oxygen atoms in total. The second-order valence-electron chi connectivity index (χ2n) is 6.62. The average molecular weight is 382 g/mol. The van der Waals surface area contributed by atoms with Crippen LogP contribution in [0.5, 0.6) is 5.75 Å². The largest absolute Gasteiger partial charge is 0.427 e. The van der Waals surface area contributed by atoms with Crippen LogP contribution < -0.4 is 4.74 Å². The van der Waals surface area contributed by atoms with E-state index in [-0.39, 0.29) is 17.9 Å². The van der Waals surface area contributed by atoms with Crippen molar-refractivity contribution in [3.8, 4) is 5.75 Å². The quantitative estimate of drug-likeness (QED) is 0.553. The summed E-state index contributed by atoms with van der Waals surface area (Å²) in [6.45, 7) is 3.23. The molecular formula is C17H22N2O6S. The number of carbonyl (C=O) groups is 2. The van der Waals surface area contributed by atoms with E-state index in [9.17, 15) is 18.0 Å². The van der Waals surface area contributed by atoms with Gasteiger partial charge in [-0.3, -0.25) is 9.59 Å². The van der Waals surface area contributed by atoms with E-state index in [1.54, 1.807) is 29.2 Å². The van der Waals surface area contributed by atoms with Gasteiger partial charge in [-0.25, -0.2) is 8.42 Å². The van der Waals surface area contributed by atoms with Gasteiger partial charge in [-0.05, 0) is 24.3 Å². The van der Waals surface area contributed by atoms with Crippen molar-refractivity contribution in [1.29, 1.82) is 0 Å². The summed E-state index contributed by atoms with van der Waals surface area (Å²) in [7, 11) is -3.28. The first kappa shape index (κ1) is 18.8. The van der Waals surface area contributed by atoms with E-state index in [1.807, 2.05) is 0 Å². The molecule has 0 N–H and O–H groups in total. The number of amides is 1. The summed E-state index contributed by atoms with van der Waals surface area (Å²) >= 11 is 0. The van der Waals surface area contributed by atoms with E-state index in [0.717, 1.165) is 0 Å². The van der Waals surface area contributed by atoms with Gasteiger partial charge in [0.15, 0.2) is 0 Å². The van der Waals surface area contributed by atoms with Crippen LogP contribution in [0.1, 0.15) is 17.3 Å². The fraction of sp³-hybridized carbons (Fsp3) is 0.529. The maximum absolute atomic E-state index is 12.7. The Balaban J connectivity index is 1.68. The zero-order chi connectivity index (χ0) is 18.9. The molecule has 2 fully saturated rings. The summed E-state index contributed by atoms with van der Waals surface area (Å²) < 4.78 is 35.8. The average Bonchev–Trinajstić information content (AvgIpc) is 2.84. The van der Waals surface area contributed by atoms with Crippen LogP contribution in [-0.2, 0) is 19.6 Å². The maximum Gasteiger partial charge on any atom is 0.308 e. The van der Waals surface area contributed by atoms with Crippen molar-refractivity contribution in [2.75, 3.05) is 39.0 Å². The number of benzene rings is 1. The summed E-state index contributed by atoms with van der Waals surface area (Å²) in [5, 5.41) is 0. The third-order valence-electron chi connectivity index (χ3n) is 4.61. The molecule has 1 aromatic rings. The maximum atomic E-state index is 12.7. The number of ether oxygens (including phenoxy) is 2. The Hall–Kier alpha value is -1.97. The van der Waals surface area contributed by atoms with Gasteiger partial charge in [0.25, 0.3) is 5.91 Å². The van der Waals surface area contributed by atoms with Gasteiger partial charge in [0.05, 0.1) is 19.0 Å². The first-order chi connectivity index (χ1) is 12.2. The van der Waals surface area contributed by atoms with Crippen molar-refractivity contribution in [2.45, 2.75) is 13.0 Å². The molecule has 26 heavy (non-hydrogen) atoms. The molecule has 0 saturated carbocycles. The minimum atomic E-state index is -3.28. The zero-order valence-corrected chi connectivity index (χ0v) is 15.6. The number of likely N-dealkylation sites (tertiary alicyclic amines) is 1. The molecule has 2 atom stereocenters. The van der Waals surface area contributed by atoms with Gasteiger partial charge in [-0.15, -0.1) is 0 Å². The van der Waals surface area contributed by atoms with E-state index < -0.39 is 16.0 Å². The standard InChI is InChI=1S/C17H22N2O6S/c1-12(20)25-15-5-3-13(4-6-15)17(21)18-9-14-10-19(26(2,22)23)7-8-24-16(14)11-18/h3-6,14,16H,7-11H2,1-2H3/t14-,16-/m1/s1. The van der Waals surface area contributed by atoms with Gasteiger partial charge >= 0.3 is 5.97 Å². The SMILES string of the molecule is CC(=O)Oc1ccc(C(=O)N2C[C@@H]3CN(S(C)(=O)=O)CCO[C@@H]3C2)cc1. The molecule has 9 heteroatoms. The predicted molar refractivity (Wildman–Crippen MR) is 93.3 cm³/mol. The van der Waals surface area contributed by atoms with E-state index in [2.05, 4.69) is 0 Å². The fourth-order valence-electron chi connectivity index (χ4n) is 3.35. The monoisotopic (exact) mass is 382 g/mol. The van der Waals surface area contributed by atoms with Gasteiger partial charge in [0.1, 0.15) is 5.75 Å². The number of esters is 1. The first-order valence-electron chi connectivity index (χ1n) is 8.38. The van der Waals surface area contributed by atoms with E-state index >= 15 is 0 Å². The van der Waals surface area contributed by atoms with Crippen molar-refractivity contribution in [1.82, 2.24) is 9.21 Å². The molecular weight excluding hydrogens is 360 g/mol. The molecule has 2 saturated heterocycles. The summed E-state index contributed by atoms with van der Waals surface area (Å²) in [6.07, 6.45) is 1.03. The Bertz CT molecular complexity index is 792.